The molecule has 79 heavy (non-hydrogen) atoms. The van der Waals surface area contributed by atoms with Crippen LogP contribution in [0.5, 0.6) is 11.5 Å². The number of aliphatic hydroxyl groups is 1. The normalized spacial score (nSPS) is 19.9. The number of hydrogen-bond donors (Lipinski definition) is 5. The van der Waals surface area contributed by atoms with Crippen molar-refractivity contribution in [2.75, 3.05) is 74.5 Å². The predicted molar refractivity (Wildman–Crippen MR) is 309 cm³/mol. The highest BCUT2D eigenvalue weighted by Crippen LogP contribution is 2.42. The van der Waals surface area contributed by atoms with E-state index in [1.54, 1.807) is 23.5 Å². The second-order valence-corrected chi connectivity index (χ2v) is 23.7. The van der Waals surface area contributed by atoms with Crippen LogP contribution in [-0.2, 0) is 25.7 Å². The SMILES string of the molecule is Cc1ncsc1-c1ccc(CNC(=O)[C@@H]2C[C@@H](O)CN2C(=O)C(NC(=O)CCCCCCCCC(=O)N2CCN(CCOc3ccccc3N3C4CCC3CN(c3cc(-c5ccccc5O)nnc3N)C4)CC2)C(C)(C)C)cc1. The molecule has 0 aliphatic carbocycles. The Kier molecular flexibility index (Phi) is 18.7. The zero-order chi connectivity index (χ0) is 55.6. The molecule has 4 fully saturated rings. The number of para-hydroxylation sites is 3. The first-order valence-electron chi connectivity index (χ1n) is 28.3. The molecular weight excluding hydrogens is 1020 g/mol. The van der Waals surface area contributed by atoms with Gasteiger partial charge in [-0.2, -0.15) is 0 Å². The number of nitrogen functional groups attached to an aromatic ring is 1. The third-order valence-corrected chi connectivity index (χ3v) is 17.1. The number of aryl methyl sites for hydroxylation is 1. The number of likely N-dealkylation sites (tertiary alicyclic amines) is 1. The highest BCUT2D eigenvalue weighted by Gasteiger charge is 2.45. The van der Waals surface area contributed by atoms with Gasteiger partial charge in [0.05, 0.1) is 39.3 Å². The van der Waals surface area contributed by atoms with Crippen molar-refractivity contribution < 1.29 is 34.1 Å². The fourth-order valence-electron chi connectivity index (χ4n) is 11.7. The number of nitrogens with two attached hydrogens (primary N) is 1. The summed E-state index contributed by atoms with van der Waals surface area (Å²) in [5, 5.41) is 35.6. The van der Waals surface area contributed by atoms with E-state index in [4.69, 9.17) is 10.5 Å². The number of rotatable bonds is 22. The number of phenolic OH excluding ortho intramolecular Hbond substituents is 1. The van der Waals surface area contributed by atoms with Crippen LogP contribution in [0.1, 0.15) is 103 Å². The Morgan fingerprint density at radius 2 is 1.52 bits per heavy atom. The smallest absolute Gasteiger partial charge is 0.246 e. The number of nitrogens with zero attached hydrogens (tertiary/aromatic N) is 8. The van der Waals surface area contributed by atoms with E-state index < -0.39 is 23.6 Å². The molecule has 4 amide bonds. The molecule has 0 radical (unpaired) electrons. The molecule has 18 nitrogen and oxygen atoms in total. The zero-order valence-electron chi connectivity index (χ0n) is 46.3. The van der Waals surface area contributed by atoms with Gasteiger partial charge in [0.2, 0.25) is 23.6 Å². The largest absolute Gasteiger partial charge is 0.507 e. The van der Waals surface area contributed by atoms with E-state index in [9.17, 15) is 29.4 Å². The number of hydrogen-bond acceptors (Lipinski definition) is 15. The number of amides is 4. The zero-order valence-corrected chi connectivity index (χ0v) is 47.1. The van der Waals surface area contributed by atoms with Crippen molar-refractivity contribution in [2.24, 2.45) is 5.41 Å². The first-order valence-corrected chi connectivity index (χ1v) is 29.2. The molecule has 3 aromatic carbocycles. The number of fused-ring (bicyclic) bond motifs is 2. The number of carbonyl (C=O) groups excluding carboxylic acids is 4. The second kappa shape index (κ2) is 26.0. The average Bonchev–Trinajstić information content (AvgIpc) is 4.34. The van der Waals surface area contributed by atoms with Crippen LogP contribution in [-0.4, -0.2) is 153 Å². The standard InChI is InChI=1S/C60H79N11O7S/c1-40-55(79-39-63-40)42-23-21-41(22-24-42)35-62-58(76)50-33-45(72)38-70(50)59(77)56(60(2,3)4)64-53(74)19-9-7-5-6-8-10-20-54(75)68-29-27-67(28-30-68)31-32-78-52-18-14-12-16-48(52)71-43-25-26-44(71)37-69(36-43)49-34-47(65-66-57(49)61)46-15-11-13-17-51(46)73/h11-18,21-24,34,39,43-45,50,56,72-73H,5-10,19-20,25-33,35-38H2,1-4H3,(H2,61,66)(H,62,76)(H,64,74)/t43?,44?,45-,50+,56?/m1/s1. The number of carbonyl (C=O) groups is 4. The molecule has 4 aliphatic heterocycles. The van der Waals surface area contributed by atoms with E-state index in [0.29, 0.717) is 49.6 Å². The van der Waals surface area contributed by atoms with E-state index in [0.717, 1.165) is 116 Å². The van der Waals surface area contributed by atoms with Crippen molar-refractivity contribution in [2.45, 2.75) is 135 Å². The summed E-state index contributed by atoms with van der Waals surface area (Å²) in [6.45, 7) is 13.9. The first kappa shape index (κ1) is 56.9. The third kappa shape index (κ3) is 14.1. The summed E-state index contributed by atoms with van der Waals surface area (Å²) in [5.74, 6) is 0.705. The molecule has 2 aromatic heterocycles. The Bertz CT molecular complexity index is 2870. The van der Waals surface area contributed by atoms with Crippen molar-refractivity contribution >= 4 is 52.2 Å². The summed E-state index contributed by atoms with van der Waals surface area (Å²) in [5.41, 5.74) is 13.7. The lowest BCUT2D eigenvalue weighted by Gasteiger charge is -2.44. The van der Waals surface area contributed by atoms with Crippen molar-refractivity contribution in [3.8, 4) is 33.2 Å². The molecule has 9 rings (SSSR count). The van der Waals surface area contributed by atoms with Crippen molar-refractivity contribution in [3.05, 3.63) is 95.6 Å². The number of aromatic hydroxyl groups is 1. The minimum absolute atomic E-state index is 0.0246. The number of aliphatic hydroxyl groups excluding tert-OH is 1. The Morgan fingerprint density at radius 1 is 0.835 bits per heavy atom. The van der Waals surface area contributed by atoms with Crippen LogP contribution in [0.15, 0.2) is 84.4 Å². The highest BCUT2D eigenvalue weighted by molar-refractivity contribution is 7.13. The van der Waals surface area contributed by atoms with Crippen LogP contribution in [0.4, 0.5) is 17.2 Å². The van der Waals surface area contributed by atoms with E-state index in [2.05, 4.69) is 58.7 Å². The number of anilines is 3. The first-order chi connectivity index (χ1) is 38.1. The van der Waals surface area contributed by atoms with Crippen LogP contribution < -0.4 is 30.9 Å². The van der Waals surface area contributed by atoms with Crippen LogP contribution >= 0.6 is 11.3 Å². The van der Waals surface area contributed by atoms with Gasteiger partial charge in [0, 0.05) is 95.8 Å². The number of thiazole rings is 1. The molecule has 19 heteroatoms. The molecule has 3 unspecified atom stereocenters. The van der Waals surface area contributed by atoms with E-state index in [-0.39, 0.29) is 67.4 Å². The lowest BCUT2D eigenvalue weighted by Crippen LogP contribution is -2.57. The highest BCUT2D eigenvalue weighted by atomic mass is 32.1. The van der Waals surface area contributed by atoms with Crippen molar-refractivity contribution in [1.82, 2.24) is 40.5 Å². The number of nitrogens with one attached hydrogen (secondary N) is 2. The number of piperazine rings is 2. The van der Waals surface area contributed by atoms with Gasteiger partial charge in [-0.15, -0.1) is 21.5 Å². The second-order valence-electron chi connectivity index (χ2n) is 22.8. The molecule has 0 saturated carbocycles. The predicted octanol–water partition coefficient (Wildman–Crippen LogP) is 7.17. The van der Waals surface area contributed by atoms with Gasteiger partial charge in [-0.1, -0.05) is 95.0 Å². The minimum atomic E-state index is -0.866. The van der Waals surface area contributed by atoms with Crippen LogP contribution in [0.25, 0.3) is 21.7 Å². The van der Waals surface area contributed by atoms with Gasteiger partial charge < -0.3 is 50.9 Å². The Balaban J connectivity index is 0.638. The van der Waals surface area contributed by atoms with Gasteiger partial charge in [0.1, 0.15) is 30.2 Å². The average molecular weight is 1100 g/mol. The number of benzene rings is 3. The maximum atomic E-state index is 14.1. The number of unbranched alkanes of at least 4 members (excludes halogenated alkanes) is 5. The van der Waals surface area contributed by atoms with E-state index in [1.165, 1.54) is 4.90 Å². The fourth-order valence-corrected chi connectivity index (χ4v) is 12.5. The van der Waals surface area contributed by atoms with Crippen molar-refractivity contribution in [1.29, 1.82) is 0 Å². The Hall–Kier alpha value is -6.83. The molecular formula is C60H79N11O7S. The monoisotopic (exact) mass is 1100 g/mol. The lowest BCUT2D eigenvalue weighted by atomic mass is 9.85. The Labute approximate surface area is 468 Å². The molecule has 5 atom stereocenters. The van der Waals surface area contributed by atoms with Gasteiger partial charge in [0.15, 0.2) is 5.82 Å². The minimum Gasteiger partial charge on any atom is -0.507 e. The number of phenols is 1. The fraction of sp³-hybridized carbons (Fsp3) is 0.517. The van der Waals surface area contributed by atoms with Gasteiger partial charge >= 0.3 is 0 Å². The lowest BCUT2D eigenvalue weighted by molar-refractivity contribution is -0.144. The van der Waals surface area contributed by atoms with Gasteiger partial charge in [-0.25, -0.2) is 4.98 Å². The third-order valence-electron chi connectivity index (χ3n) is 16.1. The molecule has 5 aromatic rings. The molecule has 4 aliphatic rings. The van der Waals surface area contributed by atoms with Crippen LogP contribution in [0, 0.1) is 12.3 Å². The van der Waals surface area contributed by atoms with E-state index in [1.807, 2.05) is 86.6 Å². The molecule has 6 heterocycles. The summed E-state index contributed by atoms with van der Waals surface area (Å²) >= 11 is 1.58. The molecule has 2 bridgehead atoms. The quantitative estimate of drug-likeness (QED) is 0.0434. The summed E-state index contributed by atoms with van der Waals surface area (Å²) in [6, 6.07) is 24.2. The number of aromatic nitrogens is 3. The molecule has 422 valence electrons. The molecule has 0 spiro atoms. The van der Waals surface area contributed by atoms with E-state index >= 15 is 0 Å². The maximum Gasteiger partial charge on any atom is 0.246 e. The van der Waals surface area contributed by atoms with Gasteiger partial charge in [-0.3, -0.25) is 24.1 Å². The number of ether oxygens (including phenoxy) is 1. The maximum absolute atomic E-state index is 14.1. The Morgan fingerprint density at radius 3 is 2.22 bits per heavy atom. The van der Waals surface area contributed by atoms with Crippen molar-refractivity contribution in [3.63, 3.8) is 0 Å². The van der Waals surface area contributed by atoms with Gasteiger partial charge in [-0.05, 0) is 79.5 Å². The summed E-state index contributed by atoms with van der Waals surface area (Å²) in [7, 11) is 0. The van der Waals surface area contributed by atoms with Crippen LogP contribution in [0.2, 0.25) is 0 Å². The summed E-state index contributed by atoms with van der Waals surface area (Å²) in [6.07, 6.45) is 7.48. The summed E-state index contributed by atoms with van der Waals surface area (Å²) in [4.78, 5) is 70.1. The van der Waals surface area contributed by atoms with Gasteiger partial charge in [0.25, 0.3) is 0 Å². The topological polar surface area (TPSA) is 223 Å². The molecule has 4 saturated heterocycles. The van der Waals surface area contributed by atoms with Crippen LogP contribution in [0.3, 0.4) is 0 Å². The molecule has 6 N–H and O–H groups in total. The number of β-amino-alcohol motifs (C(OH)–C–C–N with tert-alkyl or cyclic N) is 1. The summed E-state index contributed by atoms with van der Waals surface area (Å²) < 4.78 is 6.51.